The second-order valence-corrected chi connectivity index (χ2v) is 7.20. The second-order valence-electron chi connectivity index (χ2n) is 7.20. The van der Waals surface area contributed by atoms with Gasteiger partial charge in [-0.2, -0.15) is 5.10 Å². The van der Waals surface area contributed by atoms with E-state index in [0.717, 1.165) is 66.6 Å². The molecule has 144 valence electrons. The summed E-state index contributed by atoms with van der Waals surface area (Å²) in [7, 11) is 0. The number of carbonyl (C=O) groups excluding carboxylic acids is 1. The first-order chi connectivity index (χ1) is 12.7. The predicted octanol–water partition coefficient (Wildman–Crippen LogP) is 2.82. The number of aromatic amines is 1. The van der Waals surface area contributed by atoms with Gasteiger partial charge < -0.3 is 10.6 Å². The summed E-state index contributed by atoms with van der Waals surface area (Å²) in [6.07, 6.45) is 7.38. The van der Waals surface area contributed by atoms with Crippen LogP contribution in [0.3, 0.4) is 0 Å². The van der Waals surface area contributed by atoms with Crippen LogP contribution in [0.5, 0.6) is 0 Å². The van der Waals surface area contributed by atoms with Gasteiger partial charge in [0, 0.05) is 22.9 Å². The van der Waals surface area contributed by atoms with Crippen LogP contribution in [0.25, 0.3) is 11.3 Å². The number of fused-ring (bicyclic) bond motifs is 1. The molecule has 2 aliphatic rings. The Balaban J connectivity index is 0.00000210. The monoisotopic (exact) mass is 388 g/mol. The minimum atomic E-state index is -0.0741. The molecule has 0 saturated heterocycles. The van der Waals surface area contributed by atoms with Gasteiger partial charge in [0.2, 0.25) is 5.91 Å². The molecule has 0 atom stereocenters. The highest BCUT2D eigenvalue weighted by Crippen LogP contribution is 2.29. The number of H-pyrrole nitrogens is 1. The molecule has 2 aromatic rings. The van der Waals surface area contributed by atoms with Crippen molar-refractivity contribution >= 4 is 24.0 Å². The van der Waals surface area contributed by atoms with Crippen molar-refractivity contribution in [2.75, 3.05) is 11.9 Å². The minimum Gasteiger partial charge on any atom is -0.325 e. The van der Waals surface area contributed by atoms with Crippen molar-refractivity contribution in [2.45, 2.75) is 51.0 Å². The lowest BCUT2D eigenvalue weighted by atomic mass is 9.90. The number of anilines is 1. The van der Waals surface area contributed by atoms with E-state index >= 15 is 0 Å². The van der Waals surface area contributed by atoms with Gasteiger partial charge in [0.1, 0.15) is 0 Å². The maximum atomic E-state index is 12.1. The van der Waals surface area contributed by atoms with E-state index in [1.807, 2.05) is 24.3 Å². The number of hydrogen-bond acceptors (Lipinski definition) is 4. The van der Waals surface area contributed by atoms with E-state index in [0.29, 0.717) is 12.6 Å². The fraction of sp³-hybridized carbons (Fsp3) is 0.450. The number of carbonyl (C=O) groups is 1. The average Bonchev–Trinajstić information content (AvgIpc) is 2.61. The molecule has 0 spiro atoms. The topological polar surface area (TPSA) is 86.9 Å². The van der Waals surface area contributed by atoms with Gasteiger partial charge in [-0.15, -0.1) is 12.4 Å². The molecule has 1 aromatic heterocycles. The van der Waals surface area contributed by atoms with Crippen LogP contribution in [0.4, 0.5) is 5.69 Å². The standard InChI is InChI=1S/C20H24N4O2.ClH/c25-18(12-21-14-6-4-7-14)22-15-8-3-5-13(11-15)19-16-9-1-2-10-17(16)20(26)24-23-19;/h3,5,8,11,14,21H,1-2,4,6-7,9-10,12H2,(H,22,25)(H,24,26);1H. The molecule has 0 unspecified atom stereocenters. The van der Waals surface area contributed by atoms with Gasteiger partial charge in [-0.3, -0.25) is 9.59 Å². The van der Waals surface area contributed by atoms with Crippen LogP contribution < -0.4 is 16.2 Å². The van der Waals surface area contributed by atoms with E-state index in [9.17, 15) is 9.59 Å². The van der Waals surface area contributed by atoms with E-state index in [1.165, 1.54) is 6.42 Å². The average molecular weight is 389 g/mol. The highest BCUT2D eigenvalue weighted by molar-refractivity contribution is 5.93. The molecule has 0 radical (unpaired) electrons. The predicted molar refractivity (Wildman–Crippen MR) is 108 cm³/mol. The summed E-state index contributed by atoms with van der Waals surface area (Å²) < 4.78 is 0. The van der Waals surface area contributed by atoms with Crippen LogP contribution in [0.2, 0.25) is 0 Å². The molecular formula is C20H25ClN4O2. The maximum Gasteiger partial charge on any atom is 0.267 e. The molecule has 1 saturated carbocycles. The molecule has 4 rings (SSSR count). The lowest BCUT2D eigenvalue weighted by Crippen LogP contribution is -2.40. The maximum absolute atomic E-state index is 12.1. The Labute approximate surface area is 164 Å². The van der Waals surface area contributed by atoms with Crippen molar-refractivity contribution < 1.29 is 4.79 Å². The van der Waals surface area contributed by atoms with Crippen LogP contribution in [0.15, 0.2) is 29.1 Å². The number of nitrogens with zero attached hydrogens (tertiary/aromatic N) is 1. The Hall–Kier alpha value is -2.18. The Morgan fingerprint density at radius 3 is 2.67 bits per heavy atom. The van der Waals surface area contributed by atoms with Crippen molar-refractivity contribution in [3.8, 4) is 11.3 Å². The first-order valence-electron chi connectivity index (χ1n) is 9.45. The zero-order chi connectivity index (χ0) is 17.9. The van der Waals surface area contributed by atoms with Crippen molar-refractivity contribution in [3.63, 3.8) is 0 Å². The molecule has 2 aliphatic carbocycles. The van der Waals surface area contributed by atoms with Gasteiger partial charge in [0.25, 0.3) is 5.56 Å². The number of benzene rings is 1. The largest absolute Gasteiger partial charge is 0.325 e. The Bertz CT molecular complexity index is 877. The quantitative estimate of drug-likeness (QED) is 0.735. The molecule has 1 amide bonds. The highest BCUT2D eigenvalue weighted by Gasteiger charge is 2.20. The zero-order valence-corrected chi connectivity index (χ0v) is 16.0. The molecule has 27 heavy (non-hydrogen) atoms. The van der Waals surface area contributed by atoms with Gasteiger partial charge in [-0.05, 0) is 56.2 Å². The van der Waals surface area contributed by atoms with Crippen LogP contribution in [0, 0.1) is 0 Å². The smallest absolute Gasteiger partial charge is 0.267 e. The first kappa shape index (κ1) is 19.6. The normalized spacial score (nSPS) is 16.0. The third-order valence-corrected chi connectivity index (χ3v) is 5.37. The van der Waals surface area contributed by atoms with Gasteiger partial charge in [0.05, 0.1) is 12.2 Å². The molecule has 0 bridgehead atoms. The van der Waals surface area contributed by atoms with Crippen molar-refractivity contribution in [1.29, 1.82) is 0 Å². The Kier molecular flexibility index (Phi) is 6.29. The molecule has 1 aromatic carbocycles. The number of hydrogen-bond donors (Lipinski definition) is 3. The van der Waals surface area contributed by atoms with Gasteiger partial charge >= 0.3 is 0 Å². The van der Waals surface area contributed by atoms with Crippen molar-refractivity contribution in [2.24, 2.45) is 0 Å². The number of amides is 1. The van der Waals surface area contributed by atoms with Crippen LogP contribution in [-0.2, 0) is 17.6 Å². The Morgan fingerprint density at radius 2 is 1.93 bits per heavy atom. The third-order valence-electron chi connectivity index (χ3n) is 5.37. The molecule has 3 N–H and O–H groups in total. The molecule has 6 nitrogen and oxygen atoms in total. The SMILES string of the molecule is Cl.O=C(CNC1CCC1)Nc1cccc(-c2n[nH]c(=O)c3c2CCCC3)c1. The summed E-state index contributed by atoms with van der Waals surface area (Å²) >= 11 is 0. The van der Waals surface area contributed by atoms with E-state index < -0.39 is 0 Å². The summed E-state index contributed by atoms with van der Waals surface area (Å²) in [5.74, 6) is -0.0366. The number of halogens is 1. The summed E-state index contributed by atoms with van der Waals surface area (Å²) in [5, 5.41) is 13.1. The number of rotatable bonds is 5. The highest BCUT2D eigenvalue weighted by atomic mass is 35.5. The molecule has 1 heterocycles. The summed E-state index contributed by atoms with van der Waals surface area (Å²) in [4.78, 5) is 24.2. The first-order valence-corrected chi connectivity index (χ1v) is 9.45. The molecule has 7 heteroatoms. The fourth-order valence-electron chi connectivity index (χ4n) is 3.70. The van der Waals surface area contributed by atoms with Crippen molar-refractivity contribution in [1.82, 2.24) is 15.5 Å². The number of aromatic nitrogens is 2. The summed E-state index contributed by atoms with van der Waals surface area (Å²) in [6.45, 7) is 0.335. The number of nitrogens with one attached hydrogen (secondary N) is 3. The molecular weight excluding hydrogens is 364 g/mol. The lowest BCUT2D eigenvalue weighted by Gasteiger charge is -2.26. The molecule has 0 aliphatic heterocycles. The lowest BCUT2D eigenvalue weighted by molar-refractivity contribution is -0.115. The van der Waals surface area contributed by atoms with Gasteiger partial charge in [-0.1, -0.05) is 18.6 Å². The van der Waals surface area contributed by atoms with Crippen molar-refractivity contribution in [3.05, 3.63) is 45.7 Å². The fourth-order valence-corrected chi connectivity index (χ4v) is 3.70. The second kappa shape index (κ2) is 8.67. The van der Waals surface area contributed by atoms with E-state index in [-0.39, 0.29) is 23.9 Å². The zero-order valence-electron chi connectivity index (χ0n) is 15.2. The van der Waals surface area contributed by atoms with E-state index in [2.05, 4.69) is 20.8 Å². The van der Waals surface area contributed by atoms with Gasteiger partial charge in [-0.25, -0.2) is 5.10 Å². The molecule has 1 fully saturated rings. The summed E-state index contributed by atoms with van der Waals surface area (Å²) in [6, 6.07) is 8.17. The van der Waals surface area contributed by atoms with Crippen LogP contribution in [-0.4, -0.2) is 28.7 Å². The minimum absolute atomic E-state index is 0. The van der Waals surface area contributed by atoms with E-state index in [1.54, 1.807) is 0 Å². The van der Waals surface area contributed by atoms with E-state index in [4.69, 9.17) is 0 Å². The van der Waals surface area contributed by atoms with Crippen LogP contribution >= 0.6 is 12.4 Å². The van der Waals surface area contributed by atoms with Gasteiger partial charge in [0.15, 0.2) is 0 Å². The Morgan fingerprint density at radius 1 is 1.15 bits per heavy atom. The summed E-state index contributed by atoms with van der Waals surface area (Å²) in [5.41, 5.74) is 4.33. The van der Waals surface area contributed by atoms with Crippen LogP contribution in [0.1, 0.15) is 43.2 Å². The third kappa shape index (κ3) is 4.39.